The lowest BCUT2D eigenvalue weighted by Gasteiger charge is -2.57. The molecule has 4 atom stereocenters. The van der Waals surface area contributed by atoms with E-state index in [1.807, 2.05) is 11.8 Å². The van der Waals surface area contributed by atoms with Crippen LogP contribution >= 0.6 is 0 Å². The number of aromatic amines is 1. The molecule has 3 fully saturated rings. The number of rotatable bonds is 3. The standard InChI is InChI=1S/C21H32N4O2/c1-14-8-15(10-20(26)22-14)21(27)24-11-16-9-17(12-24)19(13-23(2)3)25-7-5-4-6-18(16)25/h8,10,16-19H,4-7,9,11-13H2,1-3H3,(H,22,26)/t16-,17+,18+,19+/m1/s1. The van der Waals surface area contributed by atoms with E-state index in [2.05, 4.69) is 28.9 Å². The summed E-state index contributed by atoms with van der Waals surface area (Å²) in [6.07, 6.45) is 5.10. The molecule has 4 heterocycles. The van der Waals surface area contributed by atoms with Gasteiger partial charge in [-0.3, -0.25) is 14.5 Å². The molecule has 1 amide bonds. The van der Waals surface area contributed by atoms with E-state index in [4.69, 9.17) is 0 Å². The topological polar surface area (TPSA) is 59.7 Å². The van der Waals surface area contributed by atoms with Crippen LogP contribution in [0.25, 0.3) is 0 Å². The van der Waals surface area contributed by atoms with Crippen molar-refractivity contribution >= 4 is 5.91 Å². The van der Waals surface area contributed by atoms with Crippen LogP contribution in [0.15, 0.2) is 16.9 Å². The van der Waals surface area contributed by atoms with Gasteiger partial charge in [0.05, 0.1) is 0 Å². The predicted molar refractivity (Wildman–Crippen MR) is 106 cm³/mol. The van der Waals surface area contributed by atoms with Gasteiger partial charge in [0.25, 0.3) is 5.91 Å². The minimum absolute atomic E-state index is 0.0202. The normalized spacial score (nSPS) is 31.0. The first-order chi connectivity index (χ1) is 12.9. The zero-order chi connectivity index (χ0) is 19.1. The highest BCUT2D eigenvalue weighted by Crippen LogP contribution is 2.41. The number of amides is 1. The molecule has 3 aliphatic heterocycles. The van der Waals surface area contributed by atoms with E-state index in [1.54, 1.807) is 6.07 Å². The Bertz CT molecular complexity index is 759. The van der Waals surface area contributed by atoms with Crippen molar-refractivity contribution in [3.8, 4) is 0 Å². The lowest BCUT2D eigenvalue weighted by molar-refractivity contribution is -0.0702. The number of likely N-dealkylation sites (N-methyl/N-ethyl adjacent to an activating group) is 1. The van der Waals surface area contributed by atoms with Crippen LogP contribution in [0.3, 0.4) is 0 Å². The van der Waals surface area contributed by atoms with Crippen LogP contribution in [-0.4, -0.2) is 77.9 Å². The zero-order valence-electron chi connectivity index (χ0n) is 16.8. The maximum Gasteiger partial charge on any atom is 0.254 e. The first-order valence-electron chi connectivity index (χ1n) is 10.3. The first kappa shape index (κ1) is 18.7. The molecule has 6 nitrogen and oxygen atoms in total. The second-order valence-corrected chi connectivity index (χ2v) is 9.01. The molecule has 0 unspecified atom stereocenters. The lowest BCUT2D eigenvalue weighted by atomic mass is 9.72. The molecular weight excluding hydrogens is 340 g/mol. The van der Waals surface area contributed by atoms with Gasteiger partial charge in [-0.1, -0.05) is 6.42 Å². The number of likely N-dealkylation sites (tertiary alicyclic amines) is 1. The molecule has 3 saturated heterocycles. The molecule has 3 aliphatic rings. The van der Waals surface area contributed by atoms with Crippen LogP contribution < -0.4 is 5.56 Å². The summed E-state index contributed by atoms with van der Waals surface area (Å²) < 4.78 is 0. The van der Waals surface area contributed by atoms with E-state index in [1.165, 1.54) is 38.3 Å². The van der Waals surface area contributed by atoms with Gasteiger partial charge in [-0.2, -0.15) is 0 Å². The first-order valence-corrected chi connectivity index (χ1v) is 10.3. The molecule has 0 spiro atoms. The van der Waals surface area contributed by atoms with Gasteiger partial charge >= 0.3 is 0 Å². The summed E-state index contributed by atoms with van der Waals surface area (Å²) in [7, 11) is 4.30. The molecule has 0 saturated carbocycles. The number of nitrogens with zero attached hydrogens (tertiary/aromatic N) is 3. The van der Waals surface area contributed by atoms with Gasteiger partial charge in [0.1, 0.15) is 0 Å². The van der Waals surface area contributed by atoms with Crippen molar-refractivity contribution < 1.29 is 4.79 Å². The molecular formula is C21H32N4O2. The molecule has 6 heteroatoms. The van der Waals surface area contributed by atoms with E-state index in [9.17, 15) is 9.59 Å². The minimum atomic E-state index is -0.195. The van der Waals surface area contributed by atoms with Gasteiger partial charge in [-0.05, 0) is 64.7 Å². The summed E-state index contributed by atoms with van der Waals surface area (Å²) in [4.78, 5) is 34.8. The molecule has 0 aliphatic carbocycles. The summed E-state index contributed by atoms with van der Waals surface area (Å²) in [5, 5.41) is 0. The number of nitrogens with one attached hydrogen (secondary N) is 1. The average Bonchev–Trinajstić information content (AvgIpc) is 2.63. The number of H-pyrrole nitrogens is 1. The molecule has 27 heavy (non-hydrogen) atoms. The number of carbonyl (C=O) groups excluding carboxylic acids is 1. The van der Waals surface area contributed by atoms with Gasteiger partial charge in [0.15, 0.2) is 0 Å². The fourth-order valence-corrected chi connectivity index (χ4v) is 5.69. The fraction of sp³-hybridized carbons (Fsp3) is 0.714. The largest absolute Gasteiger partial charge is 0.338 e. The number of hydrogen-bond donors (Lipinski definition) is 1. The van der Waals surface area contributed by atoms with E-state index >= 15 is 0 Å². The number of aryl methyl sites for hydroxylation is 1. The summed E-state index contributed by atoms with van der Waals surface area (Å²) in [6, 6.07) is 4.39. The Hall–Kier alpha value is -1.66. The van der Waals surface area contributed by atoms with Crippen LogP contribution in [0.2, 0.25) is 0 Å². The summed E-state index contributed by atoms with van der Waals surface area (Å²) in [6.45, 7) is 5.73. The van der Waals surface area contributed by atoms with Crippen LogP contribution in [0.1, 0.15) is 41.7 Å². The van der Waals surface area contributed by atoms with Crippen molar-refractivity contribution in [2.45, 2.75) is 44.7 Å². The van der Waals surface area contributed by atoms with Crippen molar-refractivity contribution in [3.63, 3.8) is 0 Å². The third kappa shape index (κ3) is 3.69. The van der Waals surface area contributed by atoms with E-state index < -0.39 is 0 Å². The fourth-order valence-electron chi connectivity index (χ4n) is 5.69. The molecule has 1 aromatic heterocycles. The Morgan fingerprint density at radius 1 is 1.22 bits per heavy atom. The van der Waals surface area contributed by atoms with Crippen molar-refractivity contribution in [1.29, 1.82) is 0 Å². The second kappa shape index (κ2) is 7.40. The predicted octanol–water partition coefficient (Wildman–Crippen LogP) is 1.56. The van der Waals surface area contributed by atoms with E-state index in [-0.39, 0.29) is 11.5 Å². The molecule has 1 aromatic rings. The maximum absolute atomic E-state index is 13.2. The Morgan fingerprint density at radius 2 is 2.00 bits per heavy atom. The highest BCUT2D eigenvalue weighted by molar-refractivity contribution is 5.94. The Balaban J connectivity index is 1.59. The summed E-state index contributed by atoms with van der Waals surface area (Å²) in [5.41, 5.74) is 1.08. The van der Waals surface area contributed by atoms with Crippen LogP contribution in [0, 0.1) is 18.8 Å². The Kier molecular flexibility index (Phi) is 5.12. The smallest absolute Gasteiger partial charge is 0.254 e. The number of aromatic nitrogens is 1. The van der Waals surface area contributed by atoms with Crippen LogP contribution in [0.5, 0.6) is 0 Å². The molecule has 0 aromatic carbocycles. The monoisotopic (exact) mass is 372 g/mol. The van der Waals surface area contributed by atoms with E-state index in [0.717, 1.165) is 25.3 Å². The summed E-state index contributed by atoms with van der Waals surface area (Å²) in [5.74, 6) is 1.11. The van der Waals surface area contributed by atoms with Crippen molar-refractivity contribution in [2.24, 2.45) is 11.8 Å². The van der Waals surface area contributed by atoms with Gasteiger partial charge in [0.2, 0.25) is 5.56 Å². The third-order valence-electron chi connectivity index (χ3n) is 6.69. The SMILES string of the molecule is Cc1cc(C(=O)N2C[C@H]3C[C@@H](C2)[C@H](CN(C)C)N2CCCC[C@@H]32)cc(=O)[nH]1. The Morgan fingerprint density at radius 3 is 2.74 bits per heavy atom. The van der Waals surface area contributed by atoms with Gasteiger partial charge in [-0.25, -0.2) is 0 Å². The van der Waals surface area contributed by atoms with Crippen molar-refractivity contribution in [3.05, 3.63) is 33.7 Å². The number of hydrogen-bond acceptors (Lipinski definition) is 4. The zero-order valence-corrected chi connectivity index (χ0v) is 16.8. The second-order valence-electron chi connectivity index (χ2n) is 9.01. The van der Waals surface area contributed by atoms with Crippen molar-refractivity contribution in [2.75, 3.05) is 40.3 Å². The summed E-state index contributed by atoms with van der Waals surface area (Å²) >= 11 is 0. The van der Waals surface area contributed by atoms with Gasteiger partial charge in [0, 0.05) is 49.0 Å². The average molecular weight is 373 g/mol. The molecule has 4 rings (SSSR count). The molecule has 148 valence electrons. The molecule has 2 bridgehead atoms. The number of carbonyl (C=O) groups is 1. The quantitative estimate of drug-likeness (QED) is 0.875. The van der Waals surface area contributed by atoms with Crippen molar-refractivity contribution in [1.82, 2.24) is 19.7 Å². The number of piperidine rings is 3. The number of pyridine rings is 1. The van der Waals surface area contributed by atoms with Crippen LogP contribution in [0.4, 0.5) is 0 Å². The van der Waals surface area contributed by atoms with E-state index in [0.29, 0.717) is 29.5 Å². The highest BCUT2D eigenvalue weighted by atomic mass is 16.2. The molecule has 0 radical (unpaired) electrons. The molecule has 1 N–H and O–H groups in total. The van der Waals surface area contributed by atoms with Crippen LogP contribution in [-0.2, 0) is 0 Å². The third-order valence-corrected chi connectivity index (χ3v) is 6.69. The van der Waals surface area contributed by atoms with Gasteiger partial charge < -0.3 is 14.8 Å². The maximum atomic E-state index is 13.2. The highest BCUT2D eigenvalue weighted by Gasteiger charge is 2.47. The number of fused-ring (bicyclic) bond motifs is 4. The minimum Gasteiger partial charge on any atom is -0.338 e. The van der Waals surface area contributed by atoms with Gasteiger partial charge in [-0.15, -0.1) is 0 Å². The lowest BCUT2D eigenvalue weighted by Crippen LogP contribution is -2.65. The Labute approximate surface area is 161 Å².